The van der Waals surface area contributed by atoms with E-state index in [9.17, 15) is 9.59 Å². The zero-order valence-corrected chi connectivity index (χ0v) is 15.6. The van der Waals surface area contributed by atoms with E-state index in [1.54, 1.807) is 13.8 Å². The predicted octanol–water partition coefficient (Wildman–Crippen LogP) is 5.05. The van der Waals surface area contributed by atoms with Gasteiger partial charge in [-0.3, -0.25) is 9.59 Å². The molecule has 0 aromatic carbocycles. The van der Waals surface area contributed by atoms with E-state index in [0.717, 1.165) is 19.3 Å². The fourth-order valence-electron chi connectivity index (χ4n) is 1.18. The number of carbonyl (C=O) groups is 2. The van der Waals surface area contributed by atoms with Crippen molar-refractivity contribution in [1.82, 2.24) is 0 Å². The van der Waals surface area contributed by atoms with Crippen molar-refractivity contribution in [2.75, 3.05) is 6.61 Å². The number of esters is 1. The topological polar surface area (TPSA) is 63.6 Å². The molecule has 0 aromatic heterocycles. The lowest BCUT2D eigenvalue weighted by Crippen LogP contribution is -2.26. The van der Waals surface area contributed by atoms with Crippen molar-refractivity contribution >= 4 is 11.9 Å². The molecule has 0 radical (unpaired) electrons. The van der Waals surface area contributed by atoms with E-state index < -0.39 is 11.4 Å². The zero-order chi connectivity index (χ0) is 17.8. The summed E-state index contributed by atoms with van der Waals surface area (Å²) in [5.41, 5.74) is -0.856. The van der Waals surface area contributed by atoms with Crippen LogP contribution in [0.15, 0.2) is 0 Å². The molecule has 0 aliphatic rings. The molecule has 0 spiro atoms. The number of hydrogen-bond acceptors (Lipinski definition) is 3. The Morgan fingerprint density at radius 1 is 0.864 bits per heavy atom. The van der Waals surface area contributed by atoms with Crippen molar-refractivity contribution in [2.45, 2.75) is 87.0 Å². The Kier molecular flexibility index (Phi) is 12.1. The number of ether oxygens (including phenoxy) is 1. The summed E-state index contributed by atoms with van der Waals surface area (Å²) in [6, 6.07) is 0. The molecule has 0 aromatic rings. The molecule has 0 aliphatic heterocycles. The standard InChI is InChI=1S/C12H24O2.C6H12O2/c1-5-7-8-9-10-14-11(13)12(3,4)6-2;1-4-6(2,3)5(7)8/h5-10H2,1-4H3;4H2,1-3H3,(H,7,8). The van der Waals surface area contributed by atoms with E-state index in [2.05, 4.69) is 6.92 Å². The second kappa shape index (κ2) is 11.5. The molecular weight excluding hydrogens is 280 g/mol. The Hall–Kier alpha value is -1.06. The number of carboxylic acid groups (broad SMARTS) is 1. The van der Waals surface area contributed by atoms with Gasteiger partial charge >= 0.3 is 11.9 Å². The summed E-state index contributed by atoms with van der Waals surface area (Å²) in [5, 5.41) is 8.44. The monoisotopic (exact) mass is 316 g/mol. The van der Waals surface area contributed by atoms with Crippen LogP contribution in [0.2, 0.25) is 0 Å². The van der Waals surface area contributed by atoms with E-state index in [1.165, 1.54) is 12.8 Å². The summed E-state index contributed by atoms with van der Waals surface area (Å²) in [5.74, 6) is -0.781. The van der Waals surface area contributed by atoms with Gasteiger partial charge in [-0.2, -0.15) is 0 Å². The summed E-state index contributed by atoms with van der Waals surface area (Å²) in [6.07, 6.45) is 6.13. The highest BCUT2D eigenvalue weighted by Gasteiger charge is 2.26. The van der Waals surface area contributed by atoms with Gasteiger partial charge in [0, 0.05) is 0 Å². The first-order valence-electron chi connectivity index (χ1n) is 8.45. The molecule has 0 heterocycles. The molecule has 0 bridgehead atoms. The van der Waals surface area contributed by atoms with Crippen LogP contribution in [0.25, 0.3) is 0 Å². The lowest BCUT2D eigenvalue weighted by atomic mass is 9.91. The Labute approximate surface area is 136 Å². The van der Waals surface area contributed by atoms with Crippen LogP contribution in [0.3, 0.4) is 0 Å². The Morgan fingerprint density at radius 3 is 1.68 bits per heavy atom. The summed E-state index contributed by atoms with van der Waals surface area (Å²) in [6.45, 7) is 13.9. The lowest BCUT2D eigenvalue weighted by molar-refractivity contribution is -0.154. The number of aliphatic carboxylic acids is 1. The summed E-state index contributed by atoms with van der Waals surface area (Å²) < 4.78 is 5.21. The van der Waals surface area contributed by atoms with E-state index in [1.807, 2.05) is 27.7 Å². The minimum atomic E-state index is -0.722. The number of carboxylic acids is 1. The first-order valence-corrected chi connectivity index (χ1v) is 8.45. The van der Waals surface area contributed by atoms with Crippen LogP contribution in [0, 0.1) is 10.8 Å². The van der Waals surface area contributed by atoms with Crippen LogP contribution in [0.5, 0.6) is 0 Å². The van der Waals surface area contributed by atoms with Crippen LogP contribution in [-0.2, 0) is 14.3 Å². The second-order valence-electron chi connectivity index (χ2n) is 6.98. The second-order valence-corrected chi connectivity index (χ2v) is 6.98. The van der Waals surface area contributed by atoms with Gasteiger partial charge in [0.15, 0.2) is 0 Å². The Balaban J connectivity index is 0. The summed E-state index contributed by atoms with van der Waals surface area (Å²) in [4.78, 5) is 21.8. The van der Waals surface area contributed by atoms with Crippen molar-refractivity contribution in [2.24, 2.45) is 10.8 Å². The molecule has 0 saturated carbocycles. The maximum Gasteiger partial charge on any atom is 0.311 e. The first-order chi connectivity index (χ1) is 10.0. The molecule has 4 nitrogen and oxygen atoms in total. The summed E-state index contributed by atoms with van der Waals surface area (Å²) >= 11 is 0. The third-order valence-corrected chi connectivity index (χ3v) is 4.13. The normalized spacial score (nSPS) is 11.4. The van der Waals surface area contributed by atoms with E-state index >= 15 is 0 Å². The van der Waals surface area contributed by atoms with Gasteiger partial charge in [0.2, 0.25) is 0 Å². The quantitative estimate of drug-likeness (QED) is 0.477. The first kappa shape index (κ1) is 23.2. The van der Waals surface area contributed by atoms with Crippen molar-refractivity contribution in [3.05, 3.63) is 0 Å². The average Bonchev–Trinajstić information content (AvgIpc) is 2.47. The van der Waals surface area contributed by atoms with Gasteiger partial charge in [0.05, 0.1) is 17.4 Å². The Bertz CT molecular complexity index is 319. The number of unbranched alkanes of at least 4 members (excludes halogenated alkanes) is 3. The highest BCUT2D eigenvalue weighted by molar-refractivity contribution is 5.75. The molecule has 0 fully saturated rings. The molecule has 0 aliphatic carbocycles. The van der Waals surface area contributed by atoms with Crippen LogP contribution in [-0.4, -0.2) is 23.7 Å². The maximum absolute atomic E-state index is 11.5. The van der Waals surface area contributed by atoms with Gasteiger partial charge < -0.3 is 9.84 Å². The van der Waals surface area contributed by atoms with Gasteiger partial charge in [-0.25, -0.2) is 0 Å². The Morgan fingerprint density at radius 2 is 1.36 bits per heavy atom. The third kappa shape index (κ3) is 10.6. The van der Waals surface area contributed by atoms with E-state index in [4.69, 9.17) is 9.84 Å². The molecule has 0 atom stereocenters. The number of hydrogen-bond donors (Lipinski definition) is 1. The SMILES string of the molecule is CCC(C)(C)C(=O)O.CCCCCCOC(=O)C(C)(C)CC. The minimum Gasteiger partial charge on any atom is -0.481 e. The highest BCUT2D eigenvalue weighted by atomic mass is 16.5. The average molecular weight is 316 g/mol. The molecule has 22 heavy (non-hydrogen) atoms. The largest absolute Gasteiger partial charge is 0.481 e. The van der Waals surface area contributed by atoms with Gasteiger partial charge in [-0.1, -0.05) is 40.0 Å². The number of rotatable bonds is 9. The van der Waals surface area contributed by atoms with Crippen molar-refractivity contribution < 1.29 is 19.4 Å². The molecule has 0 amide bonds. The molecule has 1 N–H and O–H groups in total. The van der Waals surface area contributed by atoms with Crippen molar-refractivity contribution in [1.29, 1.82) is 0 Å². The highest BCUT2D eigenvalue weighted by Crippen LogP contribution is 2.21. The van der Waals surface area contributed by atoms with Crippen LogP contribution >= 0.6 is 0 Å². The molecular formula is C18H36O4. The lowest BCUT2D eigenvalue weighted by Gasteiger charge is -2.20. The van der Waals surface area contributed by atoms with E-state index in [0.29, 0.717) is 13.0 Å². The zero-order valence-electron chi connectivity index (χ0n) is 15.6. The van der Waals surface area contributed by atoms with Gasteiger partial charge in [0.1, 0.15) is 0 Å². The molecule has 4 heteroatoms. The van der Waals surface area contributed by atoms with Gasteiger partial charge in [-0.15, -0.1) is 0 Å². The smallest absolute Gasteiger partial charge is 0.311 e. The van der Waals surface area contributed by atoms with Crippen LogP contribution in [0.4, 0.5) is 0 Å². The number of carbonyl (C=O) groups excluding carboxylic acids is 1. The van der Waals surface area contributed by atoms with E-state index in [-0.39, 0.29) is 11.4 Å². The van der Waals surface area contributed by atoms with Crippen molar-refractivity contribution in [3.63, 3.8) is 0 Å². The molecule has 132 valence electrons. The van der Waals surface area contributed by atoms with Gasteiger partial charge in [-0.05, 0) is 47.0 Å². The van der Waals surface area contributed by atoms with Crippen molar-refractivity contribution in [3.8, 4) is 0 Å². The molecule has 0 saturated heterocycles. The van der Waals surface area contributed by atoms with Crippen LogP contribution < -0.4 is 0 Å². The fourth-order valence-corrected chi connectivity index (χ4v) is 1.18. The van der Waals surface area contributed by atoms with Gasteiger partial charge in [0.25, 0.3) is 0 Å². The molecule has 0 rings (SSSR count). The third-order valence-electron chi connectivity index (χ3n) is 4.13. The molecule has 0 unspecified atom stereocenters. The summed E-state index contributed by atoms with van der Waals surface area (Å²) in [7, 11) is 0. The van der Waals surface area contributed by atoms with Crippen LogP contribution in [0.1, 0.15) is 87.0 Å². The predicted molar refractivity (Wildman–Crippen MR) is 90.9 cm³/mol. The maximum atomic E-state index is 11.5. The minimum absolute atomic E-state index is 0.0588. The fraction of sp³-hybridized carbons (Fsp3) is 0.889.